The highest BCUT2D eigenvalue weighted by molar-refractivity contribution is 5.67. The molecule has 0 aliphatic carbocycles. The van der Waals surface area contributed by atoms with E-state index in [1.807, 2.05) is 0 Å². The lowest BCUT2D eigenvalue weighted by Gasteiger charge is -2.07. The molecule has 0 radical (unpaired) electrons. The van der Waals surface area contributed by atoms with Gasteiger partial charge in [-0.3, -0.25) is 0 Å². The molecule has 0 aliphatic rings. The number of rotatable bonds is 5. The quantitative estimate of drug-likeness (QED) is 0.813. The molecule has 17 heavy (non-hydrogen) atoms. The van der Waals surface area contributed by atoms with E-state index >= 15 is 0 Å². The summed E-state index contributed by atoms with van der Waals surface area (Å²) in [6.07, 6.45) is -3.95. The highest BCUT2D eigenvalue weighted by Gasteiger charge is 2.29. The monoisotopic (exact) mass is 248 g/mol. The van der Waals surface area contributed by atoms with Gasteiger partial charge in [-0.05, 0) is 24.1 Å². The van der Waals surface area contributed by atoms with Gasteiger partial charge in [0, 0.05) is 0 Å². The number of benzene rings is 1. The molecular weight excluding hydrogens is 237 g/mol. The van der Waals surface area contributed by atoms with Gasteiger partial charge in [-0.15, -0.1) is 0 Å². The Morgan fingerprint density at radius 3 is 2.29 bits per heavy atom. The summed E-state index contributed by atoms with van der Waals surface area (Å²) in [7, 11) is 0. The minimum Gasteiger partial charge on any atom is -0.480 e. The van der Waals surface area contributed by atoms with Gasteiger partial charge < -0.3 is 9.84 Å². The maximum Gasteiger partial charge on any atom is 0.416 e. The smallest absolute Gasteiger partial charge is 0.416 e. The fraction of sp³-hybridized carbons (Fsp3) is 0.364. The zero-order valence-corrected chi connectivity index (χ0v) is 8.83. The van der Waals surface area contributed by atoms with Crippen LogP contribution in [0.1, 0.15) is 11.1 Å². The molecule has 1 aromatic carbocycles. The molecule has 0 fully saturated rings. The number of hydrogen-bond donors (Lipinski definition) is 1. The van der Waals surface area contributed by atoms with Crippen LogP contribution in [0, 0.1) is 0 Å². The van der Waals surface area contributed by atoms with Crippen LogP contribution in [-0.2, 0) is 22.1 Å². The van der Waals surface area contributed by atoms with E-state index in [1.54, 1.807) is 0 Å². The topological polar surface area (TPSA) is 46.5 Å². The maximum absolute atomic E-state index is 12.2. The van der Waals surface area contributed by atoms with Gasteiger partial charge in [0.25, 0.3) is 0 Å². The van der Waals surface area contributed by atoms with Crippen molar-refractivity contribution in [2.24, 2.45) is 0 Å². The average Bonchev–Trinajstić information content (AvgIpc) is 2.23. The van der Waals surface area contributed by atoms with E-state index in [4.69, 9.17) is 9.84 Å². The van der Waals surface area contributed by atoms with Crippen molar-refractivity contribution in [1.82, 2.24) is 0 Å². The summed E-state index contributed by atoms with van der Waals surface area (Å²) in [5.74, 6) is -1.07. The normalized spacial score (nSPS) is 11.5. The van der Waals surface area contributed by atoms with Gasteiger partial charge in [-0.25, -0.2) is 4.79 Å². The van der Waals surface area contributed by atoms with Crippen molar-refractivity contribution >= 4 is 5.97 Å². The predicted molar refractivity (Wildman–Crippen MR) is 53.6 cm³/mol. The molecule has 0 amide bonds. The lowest BCUT2D eigenvalue weighted by molar-refractivity contribution is -0.142. The third-order valence-corrected chi connectivity index (χ3v) is 2.04. The highest BCUT2D eigenvalue weighted by Crippen LogP contribution is 2.29. The first kappa shape index (κ1) is 13.5. The SMILES string of the molecule is O=C(O)COCCc1ccc(C(F)(F)F)cc1. The average molecular weight is 248 g/mol. The van der Waals surface area contributed by atoms with Crippen LogP contribution in [0.15, 0.2) is 24.3 Å². The summed E-state index contributed by atoms with van der Waals surface area (Å²) in [5.41, 5.74) is -0.0314. The summed E-state index contributed by atoms with van der Waals surface area (Å²) in [6, 6.07) is 4.69. The number of carboxylic acids is 1. The number of alkyl halides is 3. The van der Waals surface area contributed by atoms with Crippen LogP contribution in [0.25, 0.3) is 0 Å². The molecule has 0 bridgehead atoms. The van der Waals surface area contributed by atoms with Crippen LogP contribution in [0.2, 0.25) is 0 Å². The van der Waals surface area contributed by atoms with Crippen molar-refractivity contribution in [1.29, 1.82) is 0 Å². The van der Waals surface area contributed by atoms with E-state index in [0.29, 0.717) is 12.0 Å². The van der Waals surface area contributed by atoms with Gasteiger partial charge in [0.05, 0.1) is 12.2 Å². The van der Waals surface area contributed by atoms with Gasteiger partial charge in [-0.2, -0.15) is 13.2 Å². The molecule has 0 aromatic heterocycles. The molecule has 0 saturated carbocycles. The van der Waals surface area contributed by atoms with E-state index in [9.17, 15) is 18.0 Å². The molecule has 0 saturated heterocycles. The number of aliphatic carboxylic acids is 1. The van der Waals surface area contributed by atoms with E-state index in [-0.39, 0.29) is 6.61 Å². The van der Waals surface area contributed by atoms with Crippen LogP contribution < -0.4 is 0 Å². The maximum atomic E-state index is 12.2. The van der Waals surface area contributed by atoms with Crippen LogP contribution in [0.4, 0.5) is 13.2 Å². The molecule has 0 aliphatic heterocycles. The van der Waals surface area contributed by atoms with Crippen molar-refractivity contribution in [2.45, 2.75) is 12.6 Å². The number of carbonyl (C=O) groups is 1. The van der Waals surface area contributed by atoms with E-state index in [2.05, 4.69) is 0 Å². The second-order valence-electron chi connectivity index (χ2n) is 3.39. The highest BCUT2D eigenvalue weighted by atomic mass is 19.4. The summed E-state index contributed by atoms with van der Waals surface area (Å²) < 4.78 is 41.4. The van der Waals surface area contributed by atoms with Crippen LogP contribution in [-0.4, -0.2) is 24.3 Å². The molecule has 0 atom stereocenters. The molecule has 1 rings (SSSR count). The lowest BCUT2D eigenvalue weighted by atomic mass is 10.1. The molecule has 1 aromatic rings. The molecule has 0 spiro atoms. The molecule has 6 heteroatoms. The van der Waals surface area contributed by atoms with Crippen LogP contribution in [0.3, 0.4) is 0 Å². The first-order chi connectivity index (χ1) is 7.89. The fourth-order valence-electron chi connectivity index (χ4n) is 1.21. The van der Waals surface area contributed by atoms with Gasteiger partial charge in [0.1, 0.15) is 6.61 Å². The van der Waals surface area contributed by atoms with Gasteiger partial charge in [0.2, 0.25) is 0 Å². The minimum atomic E-state index is -4.33. The summed E-state index contributed by atoms with van der Waals surface area (Å²) in [4.78, 5) is 10.1. The van der Waals surface area contributed by atoms with Crippen molar-refractivity contribution in [3.63, 3.8) is 0 Å². The number of ether oxygens (including phenoxy) is 1. The third kappa shape index (κ3) is 4.86. The van der Waals surface area contributed by atoms with E-state index < -0.39 is 24.3 Å². The van der Waals surface area contributed by atoms with E-state index in [0.717, 1.165) is 12.1 Å². The summed E-state index contributed by atoms with van der Waals surface area (Å²) in [5, 5.41) is 8.29. The summed E-state index contributed by atoms with van der Waals surface area (Å²) >= 11 is 0. The first-order valence-corrected chi connectivity index (χ1v) is 4.85. The molecule has 0 unspecified atom stereocenters. The third-order valence-electron chi connectivity index (χ3n) is 2.04. The number of carboxylic acid groups (broad SMARTS) is 1. The Labute approximate surface area is 95.8 Å². The largest absolute Gasteiger partial charge is 0.480 e. The second kappa shape index (κ2) is 5.67. The molecule has 94 valence electrons. The van der Waals surface area contributed by atoms with Crippen molar-refractivity contribution in [3.8, 4) is 0 Å². The summed E-state index contributed by atoms with van der Waals surface area (Å²) in [6.45, 7) is -0.238. The number of hydrogen-bond acceptors (Lipinski definition) is 2. The Bertz CT molecular complexity index is 371. The Balaban J connectivity index is 2.43. The lowest BCUT2D eigenvalue weighted by Crippen LogP contribution is -2.09. The van der Waals surface area contributed by atoms with E-state index in [1.165, 1.54) is 12.1 Å². The molecule has 1 N–H and O–H groups in total. The zero-order valence-electron chi connectivity index (χ0n) is 8.83. The Morgan fingerprint density at radius 2 is 1.82 bits per heavy atom. The van der Waals surface area contributed by atoms with Gasteiger partial charge in [-0.1, -0.05) is 12.1 Å². The Hall–Kier alpha value is -1.56. The first-order valence-electron chi connectivity index (χ1n) is 4.85. The Kier molecular flexibility index (Phi) is 4.51. The number of halogens is 3. The van der Waals surface area contributed by atoms with Crippen molar-refractivity contribution in [2.75, 3.05) is 13.2 Å². The second-order valence-corrected chi connectivity index (χ2v) is 3.39. The molecule has 0 heterocycles. The van der Waals surface area contributed by atoms with Crippen LogP contribution in [0.5, 0.6) is 0 Å². The molecule has 3 nitrogen and oxygen atoms in total. The zero-order chi connectivity index (χ0) is 12.9. The minimum absolute atomic E-state index is 0.164. The fourth-order valence-corrected chi connectivity index (χ4v) is 1.21. The van der Waals surface area contributed by atoms with Gasteiger partial charge in [0.15, 0.2) is 0 Å². The van der Waals surface area contributed by atoms with Crippen molar-refractivity contribution < 1.29 is 27.8 Å². The predicted octanol–water partition coefficient (Wildman–Crippen LogP) is 2.35. The van der Waals surface area contributed by atoms with Crippen molar-refractivity contribution in [3.05, 3.63) is 35.4 Å². The van der Waals surface area contributed by atoms with Gasteiger partial charge >= 0.3 is 12.1 Å². The Morgan fingerprint density at radius 1 is 1.24 bits per heavy atom. The van der Waals surface area contributed by atoms with Crippen LogP contribution >= 0.6 is 0 Å². The standard InChI is InChI=1S/C11H11F3O3/c12-11(13,14)9-3-1-8(2-4-9)5-6-17-7-10(15)16/h1-4H,5-7H2,(H,15,16). The molecular formula is C11H11F3O3.